The molecule has 0 bridgehead atoms. The van der Waals surface area contributed by atoms with Gasteiger partial charge in [0, 0.05) is 32.4 Å². The van der Waals surface area contributed by atoms with E-state index in [1.807, 2.05) is 25.8 Å². The highest BCUT2D eigenvalue weighted by Crippen LogP contribution is 2.34. The van der Waals surface area contributed by atoms with Crippen LogP contribution in [0.15, 0.2) is 18.3 Å². The van der Waals surface area contributed by atoms with E-state index in [1.165, 1.54) is 18.3 Å². The Balaban J connectivity index is 1.36. The van der Waals surface area contributed by atoms with E-state index in [0.717, 1.165) is 0 Å². The Hall–Kier alpha value is -3.64. The fraction of sp³-hybridized carbons (Fsp3) is 0.500. The van der Waals surface area contributed by atoms with Crippen molar-refractivity contribution in [2.24, 2.45) is 5.92 Å². The summed E-state index contributed by atoms with van der Waals surface area (Å²) in [6, 6.07) is 2.19. The van der Waals surface area contributed by atoms with Gasteiger partial charge in [0.2, 0.25) is 17.7 Å². The molecule has 2 aliphatic rings. The maximum absolute atomic E-state index is 12.6. The number of rotatable bonds is 6. The molecular weight excluding hydrogens is 467 g/mol. The van der Waals surface area contributed by atoms with Crippen molar-refractivity contribution >= 4 is 29.3 Å². The van der Waals surface area contributed by atoms with Gasteiger partial charge < -0.3 is 25.2 Å². The number of amides is 2. The normalized spacial score (nSPS) is 18.2. The molecule has 0 aliphatic carbocycles. The van der Waals surface area contributed by atoms with E-state index < -0.39 is 12.8 Å². The Morgan fingerprint density at radius 3 is 2.60 bits per heavy atom. The number of halogens is 3. The number of hydrogen-bond donors (Lipinski definition) is 2. The van der Waals surface area contributed by atoms with Crippen LogP contribution in [0.1, 0.15) is 29.9 Å². The lowest BCUT2D eigenvalue weighted by molar-refractivity contribution is -0.154. The SMILES string of the molecule is Cc1nc(NC2CN(C(=O)c3ccc(OCC(F)(F)F)nc3)C2)nc2c1NC(=O)[C@H](C(C)C)N2C. The largest absolute Gasteiger partial charge is 0.468 e. The van der Waals surface area contributed by atoms with Gasteiger partial charge in [-0.05, 0) is 18.9 Å². The predicted molar refractivity (Wildman–Crippen MR) is 122 cm³/mol. The molecule has 4 heterocycles. The second-order valence-electron chi connectivity index (χ2n) is 8.96. The van der Waals surface area contributed by atoms with Gasteiger partial charge in [0.05, 0.1) is 17.3 Å². The fourth-order valence-corrected chi connectivity index (χ4v) is 4.13. The molecule has 35 heavy (non-hydrogen) atoms. The van der Waals surface area contributed by atoms with Gasteiger partial charge in [0.25, 0.3) is 5.91 Å². The van der Waals surface area contributed by atoms with Crippen LogP contribution in [0, 0.1) is 12.8 Å². The number of aryl methyl sites for hydroxylation is 1. The minimum Gasteiger partial charge on any atom is -0.468 e. The topological polar surface area (TPSA) is 113 Å². The molecular formula is C22H26F3N7O3. The Kier molecular flexibility index (Phi) is 6.43. The Morgan fingerprint density at radius 2 is 2.00 bits per heavy atom. The highest BCUT2D eigenvalue weighted by Gasteiger charge is 2.36. The molecule has 0 aromatic carbocycles. The van der Waals surface area contributed by atoms with E-state index in [4.69, 9.17) is 0 Å². The molecule has 0 saturated carbocycles. The molecule has 2 aromatic rings. The summed E-state index contributed by atoms with van der Waals surface area (Å²) < 4.78 is 41.3. The average Bonchev–Trinajstić information content (AvgIpc) is 2.74. The van der Waals surface area contributed by atoms with Crippen LogP contribution in [-0.4, -0.2) is 76.7 Å². The van der Waals surface area contributed by atoms with Crippen LogP contribution < -0.4 is 20.3 Å². The van der Waals surface area contributed by atoms with Crippen molar-refractivity contribution in [3.63, 3.8) is 0 Å². The van der Waals surface area contributed by atoms with Crippen molar-refractivity contribution < 1.29 is 27.5 Å². The Morgan fingerprint density at radius 1 is 1.29 bits per heavy atom. The van der Waals surface area contributed by atoms with Crippen LogP contribution in [0.4, 0.5) is 30.6 Å². The zero-order chi connectivity index (χ0) is 25.5. The monoisotopic (exact) mass is 493 g/mol. The molecule has 188 valence electrons. The molecule has 1 fully saturated rings. The van der Waals surface area contributed by atoms with E-state index in [0.29, 0.717) is 36.2 Å². The van der Waals surface area contributed by atoms with Crippen LogP contribution in [0.5, 0.6) is 5.88 Å². The lowest BCUT2D eigenvalue weighted by Gasteiger charge is -2.40. The maximum atomic E-state index is 12.6. The van der Waals surface area contributed by atoms with Crippen LogP contribution in [0.25, 0.3) is 0 Å². The number of ether oxygens (including phenoxy) is 1. The standard InChI is InChI=1S/C22H26F3N7O3/c1-11(2)17-19(33)29-16-12(3)27-21(30-18(16)31(17)4)28-14-8-32(9-14)20(34)13-5-6-15(26-7-13)35-10-22(23,24)25/h5-7,11,14,17H,8-10H2,1-4H3,(H,29,33)(H,27,28,30)/t17-/m0/s1. The number of likely N-dealkylation sites (N-methyl/N-ethyl adjacent to an activating group) is 1. The first-order valence-corrected chi connectivity index (χ1v) is 11.1. The lowest BCUT2D eigenvalue weighted by Crippen LogP contribution is -2.57. The summed E-state index contributed by atoms with van der Waals surface area (Å²) in [5, 5.41) is 6.12. The molecule has 0 radical (unpaired) electrons. The van der Waals surface area contributed by atoms with Crippen LogP contribution in [0.2, 0.25) is 0 Å². The fourth-order valence-electron chi connectivity index (χ4n) is 4.13. The summed E-state index contributed by atoms with van der Waals surface area (Å²) in [7, 11) is 1.83. The lowest BCUT2D eigenvalue weighted by atomic mass is 9.99. The number of anilines is 3. The molecule has 1 saturated heterocycles. The summed E-state index contributed by atoms with van der Waals surface area (Å²) in [5.74, 6) is 0.530. The molecule has 2 N–H and O–H groups in total. The molecule has 2 aromatic heterocycles. The molecule has 10 nitrogen and oxygen atoms in total. The van der Waals surface area contributed by atoms with Gasteiger partial charge in [-0.1, -0.05) is 13.8 Å². The first-order chi connectivity index (χ1) is 16.4. The van der Waals surface area contributed by atoms with Gasteiger partial charge in [-0.2, -0.15) is 18.2 Å². The van der Waals surface area contributed by atoms with E-state index in [-0.39, 0.29) is 41.3 Å². The molecule has 2 aliphatic heterocycles. The van der Waals surface area contributed by atoms with Crippen molar-refractivity contribution in [3.8, 4) is 5.88 Å². The van der Waals surface area contributed by atoms with Crippen LogP contribution in [0.3, 0.4) is 0 Å². The number of aromatic nitrogens is 3. The van der Waals surface area contributed by atoms with Gasteiger partial charge >= 0.3 is 6.18 Å². The molecule has 4 rings (SSSR count). The summed E-state index contributed by atoms with van der Waals surface area (Å²) >= 11 is 0. The number of hydrogen-bond acceptors (Lipinski definition) is 8. The Labute approximate surface area is 199 Å². The van der Waals surface area contributed by atoms with E-state index in [9.17, 15) is 22.8 Å². The molecule has 1 atom stereocenters. The Bertz CT molecular complexity index is 1120. The van der Waals surface area contributed by atoms with Crippen molar-refractivity contribution in [2.75, 3.05) is 42.3 Å². The highest BCUT2D eigenvalue weighted by molar-refractivity contribution is 6.03. The summed E-state index contributed by atoms with van der Waals surface area (Å²) in [6.07, 6.45) is -3.27. The third kappa shape index (κ3) is 5.23. The van der Waals surface area contributed by atoms with Crippen molar-refractivity contribution in [2.45, 2.75) is 39.0 Å². The minimum absolute atomic E-state index is 0.0804. The van der Waals surface area contributed by atoms with Gasteiger partial charge in [-0.15, -0.1) is 0 Å². The smallest absolute Gasteiger partial charge is 0.422 e. The first kappa shape index (κ1) is 24.5. The van der Waals surface area contributed by atoms with E-state index in [2.05, 4.69) is 30.3 Å². The van der Waals surface area contributed by atoms with Gasteiger partial charge in [-0.3, -0.25) is 9.59 Å². The van der Waals surface area contributed by atoms with Crippen molar-refractivity contribution in [1.29, 1.82) is 0 Å². The predicted octanol–water partition coefficient (Wildman–Crippen LogP) is 2.47. The first-order valence-electron chi connectivity index (χ1n) is 11.1. The second kappa shape index (κ2) is 9.19. The zero-order valence-corrected chi connectivity index (χ0v) is 19.7. The number of likely N-dealkylation sites (tertiary alicyclic amines) is 1. The quantitative estimate of drug-likeness (QED) is 0.631. The number of nitrogens with zero attached hydrogens (tertiary/aromatic N) is 5. The number of carbonyl (C=O) groups is 2. The summed E-state index contributed by atoms with van der Waals surface area (Å²) in [6.45, 7) is 5.07. The maximum Gasteiger partial charge on any atom is 0.422 e. The third-order valence-corrected chi connectivity index (χ3v) is 5.84. The number of pyridine rings is 1. The average molecular weight is 493 g/mol. The number of carbonyl (C=O) groups excluding carboxylic acids is 2. The summed E-state index contributed by atoms with van der Waals surface area (Å²) in [5.41, 5.74) is 1.47. The number of alkyl halides is 3. The minimum atomic E-state index is -4.46. The van der Waals surface area contributed by atoms with Crippen LogP contribution >= 0.6 is 0 Å². The van der Waals surface area contributed by atoms with Gasteiger partial charge in [-0.25, -0.2) is 9.97 Å². The summed E-state index contributed by atoms with van der Waals surface area (Å²) in [4.78, 5) is 41.4. The molecule has 13 heteroatoms. The van der Waals surface area contributed by atoms with Gasteiger partial charge in [0.1, 0.15) is 11.7 Å². The number of nitrogens with one attached hydrogen (secondary N) is 2. The van der Waals surface area contributed by atoms with E-state index >= 15 is 0 Å². The second-order valence-corrected chi connectivity index (χ2v) is 8.96. The van der Waals surface area contributed by atoms with Crippen LogP contribution in [-0.2, 0) is 4.79 Å². The molecule has 0 unspecified atom stereocenters. The van der Waals surface area contributed by atoms with Gasteiger partial charge in [0.15, 0.2) is 12.4 Å². The molecule has 2 amide bonds. The highest BCUT2D eigenvalue weighted by atomic mass is 19.4. The third-order valence-electron chi connectivity index (χ3n) is 5.84. The molecule has 0 spiro atoms. The number of fused-ring (bicyclic) bond motifs is 1. The van der Waals surface area contributed by atoms with Crippen molar-refractivity contribution in [3.05, 3.63) is 29.6 Å². The van der Waals surface area contributed by atoms with Crippen molar-refractivity contribution in [1.82, 2.24) is 19.9 Å². The zero-order valence-electron chi connectivity index (χ0n) is 19.7. The van der Waals surface area contributed by atoms with E-state index in [1.54, 1.807) is 11.8 Å².